The van der Waals surface area contributed by atoms with Gasteiger partial charge in [0.2, 0.25) is 0 Å². The van der Waals surface area contributed by atoms with E-state index in [-0.39, 0.29) is 18.0 Å². The minimum atomic E-state index is -0.215. The highest BCUT2D eigenvalue weighted by Gasteiger charge is 2.18. The summed E-state index contributed by atoms with van der Waals surface area (Å²) in [6.07, 6.45) is 0. The molecule has 5 nitrogen and oxygen atoms in total. The molecule has 1 unspecified atom stereocenters. The maximum Gasteiger partial charge on any atom is 0.322 e. The Labute approximate surface area is 149 Å². The van der Waals surface area contributed by atoms with Gasteiger partial charge in [-0.2, -0.15) is 0 Å². The first-order valence-corrected chi connectivity index (χ1v) is 8.41. The summed E-state index contributed by atoms with van der Waals surface area (Å²) < 4.78 is 0. The highest BCUT2D eigenvalue weighted by molar-refractivity contribution is 5.97. The first-order valence-electron chi connectivity index (χ1n) is 8.41. The number of aryl methyl sites for hydroxylation is 1. The largest absolute Gasteiger partial charge is 0.352 e. The van der Waals surface area contributed by atoms with Gasteiger partial charge in [0, 0.05) is 24.8 Å². The van der Waals surface area contributed by atoms with Crippen molar-refractivity contribution in [2.24, 2.45) is 0 Å². The second kappa shape index (κ2) is 8.33. The number of nitrogens with zero attached hydrogens (tertiary/aromatic N) is 1. The molecule has 0 fully saturated rings. The summed E-state index contributed by atoms with van der Waals surface area (Å²) >= 11 is 0. The lowest BCUT2D eigenvalue weighted by Gasteiger charge is -2.26. The number of amides is 3. The summed E-state index contributed by atoms with van der Waals surface area (Å²) in [5.41, 5.74) is 3.14. The Kier molecular flexibility index (Phi) is 6.17. The predicted molar refractivity (Wildman–Crippen MR) is 101 cm³/mol. The van der Waals surface area contributed by atoms with Gasteiger partial charge in [0.05, 0.1) is 6.04 Å². The number of carbonyl (C=O) groups is 2. The minimum absolute atomic E-state index is 0.0620. The van der Waals surface area contributed by atoms with Gasteiger partial charge in [-0.3, -0.25) is 4.79 Å². The van der Waals surface area contributed by atoms with Gasteiger partial charge in [-0.25, -0.2) is 4.79 Å². The summed E-state index contributed by atoms with van der Waals surface area (Å²) in [4.78, 5) is 26.2. The third-order valence-corrected chi connectivity index (χ3v) is 4.26. The number of benzene rings is 2. The van der Waals surface area contributed by atoms with Crippen molar-refractivity contribution < 1.29 is 9.59 Å². The van der Waals surface area contributed by atoms with Crippen molar-refractivity contribution in [2.45, 2.75) is 26.8 Å². The van der Waals surface area contributed by atoms with Crippen LogP contribution in [-0.2, 0) is 0 Å². The molecule has 0 saturated heterocycles. The molecular formula is C20H25N3O2. The average molecular weight is 339 g/mol. The molecule has 0 bridgehead atoms. The fourth-order valence-corrected chi connectivity index (χ4v) is 2.49. The van der Waals surface area contributed by atoms with Gasteiger partial charge in [-0.15, -0.1) is 0 Å². The molecule has 0 aliphatic carbocycles. The molecule has 2 rings (SSSR count). The van der Waals surface area contributed by atoms with Crippen molar-refractivity contribution in [3.8, 4) is 0 Å². The van der Waals surface area contributed by atoms with Crippen molar-refractivity contribution in [3.63, 3.8) is 0 Å². The van der Waals surface area contributed by atoms with E-state index in [1.165, 1.54) is 0 Å². The van der Waals surface area contributed by atoms with E-state index in [4.69, 9.17) is 0 Å². The summed E-state index contributed by atoms with van der Waals surface area (Å²) in [7, 11) is 1.76. The SMILES string of the molecule is CCNC(=O)c1ccc(C)c(NC(=O)N(C)C(C)c2ccccc2)c1. The van der Waals surface area contributed by atoms with Gasteiger partial charge in [0.15, 0.2) is 0 Å². The van der Waals surface area contributed by atoms with E-state index in [1.54, 1.807) is 24.1 Å². The van der Waals surface area contributed by atoms with E-state index in [2.05, 4.69) is 10.6 Å². The first-order chi connectivity index (χ1) is 11.9. The molecule has 0 aliphatic heterocycles. The van der Waals surface area contributed by atoms with Crippen LogP contribution in [0.15, 0.2) is 48.5 Å². The van der Waals surface area contributed by atoms with Crippen LogP contribution in [0.4, 0.5) is 10.5 Å². The van der Waals surface area contributed by atoms with Gasteiger partial charge >= 0.3 is 6.03 Å². The standard InChI is InChI=1S/C20H25N3O2/c1-5-21-19(24)17-12-11-14(2)18(13-17)22-20(25)23(4)15(3)16-9-7-6-8-10-16/h6-13,15H,5H2,1-4H3,(H,21,24)(H,22,25). The highest BCUT2D eigenvalue weighted by Crippen LogP contribution is 2.21. The maximum atomic E-state index is 12.6. The van der Waals surface area contributed by atoms with Crippen LogP contribution in [0.5, 0.6) is 0 Å². The Hall–Kier alpha value is -2.82. The van der Waals surface area contributed by atoms with Gasteiger partial charge in [0.1, 0.15) is 0 Å². The number of carbonyl (C=O) groups excluding carboxylic acids is 2. The summed E-state index contributed by atoms with van der Waals surface area (Å²) in [5, 5.41) is 5.67. The first kappa shape index (κ1) is 18.5. The van der Waals surface area contributed by atoms with Gasteiger partial charge in [0.25, 0.3) is 5.91 Å². The van der Waals surface area contributed by atoms with Crippen LogP contribution in [0.25, 0.3) is 0 Å². The van der Waals surface area contributed by atoms with E-state index >= 15 is 0 Å². The third-order valence-electron chi connectivity index (χ3n) is 4.26. The van der Waals surface area contributed by atoms with Gasteiger partial charge in [-0.1, -0.05) is 36.4 Å². The van der Waals surface area contributed by atoms with E-state index < -0.39 is 0 Å². The number of nitrogens with one attached hydrogen (secondary N) is 2. The lowest BCUT2D eigenvalue weighted by molar-refractivity contribution is 0.0956. The number of urea groups is 1. The van der Waals surface area contributed by atoms with E-state index in [9.17, 15) is 9.59 Å². The zero-order valence-corrected chi connectivity index (χ0v) is 15.2. The van der Waals surface area contributed by atoms with Crippen LogP contribution in [0.2, 0.25) is 0 Å². The topological polar surface area (TPSA) is 61.4 Å². The lowest BCUT2D eigenvalue weighted by Crippen LogP contribution is -2.34. The van der Waals surface area contributed by atoms with Crippen molar-refractivity contribution >= 4 is 17.6 Å². The summed E-state index contributed by atoms with van der Waals surface area (Å²) in [6.45, 7) is 6.31. The molecule has 1 atom stereocenters. The third kappa shape index (κ3) is 4.59. The summed E-state index contributed by atoms with van der Waals surface area (Å²) in [6, 6.07) is 14.9. The molecule has 0 saturated carbocycles. The molecule has 0 aromatic heterocycles. The fraction of sp³-hybridized carbons (Fsp3) is 0.300. The zero-order chi connectivity index (χ0) is 18.4. The monoisotopic (exact) mass is 339 g/mol. The second-order valence-corrected chi connectivity index (χ2v) is 6.02. The van der Waals surface area contributed by atoms with Gasteiger partial charge in [-0.05, 0) is 44.0 Å². The van der Waals surface area contributed by atoms with Crippen LogP contribution in [0, 0.1) is 6.92 Å². The number of rotatable bonds is 5. The molecule has 0 spiro atoms. The van der Waals surface area contributed by atoms with Gasteiger partial charge < -0.3 is 15.5 Å². The van der Waals surface area contributed by atoms with Crippen LogP contribution >= 0.6 is 0 Å². The normalized spacial score (nSPS) is 11.5. The molecule has 2 aromatic rings. The Morgan fingerprint density at radius 3 is 2.44 bits per heavy atom. The predicted octanol–water partition coefficient (Wildman–Crippen LogP) is 3.97. The molecule has 5 heteroatoms. The molecule has 0 radical (unpaired) electrons. The molecule has 2 N–H and O–H groups in total. The van der Waals surface area contributed by atoms with Crippen LogP contribution in [-0.4, -0.2) is 30.4 Å². The van der Waals surface area contributed by atoms with Crippen molar-refractivity contribution in [3.05, 3.63) is 65.2 Å². The van der Waals surface area contributed by atoms with E-state index in [1.807, 2.05) is 57.2 Å². The minimum Gasteiger partial charge on any atom is -0.352 e. The Bertz CT molecular complexity index is 744. The smallest absolute Gasteiger partial charge is 0.322 e. The molecule has 2 aromatic carbocycles. The van der Waals surface area contributed by atoms with E-state index in [0.29, 0.717) is 17.8 Å². The molecule has 3 amide bonds. The molecular weight excluding hydrogens is 314 g/mol. The molecule has 0 heterocycles. The van der Waals surface area contributed by atoms with Crippen molar-refractivity contribution in [1.82, 2.24) is 10.2 Å². The highest BCUT2D eigenvalue weighted by atomic mass is 16.2. The Morgan fingerprint density at radius 2 is 1.80 bits per heavy atom. The molecule has 132 valence electrons. The zero-order valence-electron chi connectivity index (χ0n) is 15.2. The van der Waals surface area contributed by atoms with Crippen molar-refractivity contribution in [2.75, 3.05) is 18.9 Å². The fourth-order valence-electron chi connectivity index (χ4n) is 2.49. The Balaban J connectivity index is 2.14. The second-order valence-electron chi connectivity index (χ2n) is 6.02. The van der Waals surface area contributed by atoms with Crippen LogP contribution in [0.1, 0.15) is 41.4 Å². The Morgan fingerprint density at radius 1 is 1.12 bits per heavy atom. The molecule has 0 aliphatic rings. The molecule has 25 heavy (non-hydrogen) atoms. The quantitative estimate of drug-likeness (QED) is 0.866. The van der Waals surface area contributed by atoms with E-state index in [0.717, 1.165) is 11.1 Å². The number of hydrogen-bond acceptors (Lipinski definition) is 2. The average Bonchev–Trinajstić information content (AvgIpc) is 2.63. The van der Waals surface area contributed by atoms with Crippen LogP contribution < -0.4 is 10.6 Å². The summed E-state index contributed by atoms with van der Waals surface area (Å²) in [5.74, 6) is -0.149. The van der Waals surface area contributed by atoms with Crippen LogP contribution in [0.3, 0.4) is 0 Å². The number of anilines is 1. The van der Waals surface area contributed by atoms with Crippen molar-refractivity contribution in [1.29, 1.82) is 0 Å². The maximum absolute atomic E-state index is 12.6. The lowest BCUT2D eigenvalue weighted by atomic mass is 10.1. The number of hydrogen-bond donors (Lipinski definition) is 2.